The number of nitrogens with zero attached hydrogens (tertiary/aromatic N) is 2. The highest BCUT2D eigenvalue weighted by atomic mass is 35.5. The lowest BCUT2D eigenvalue weighted by molar-refractivity contribution is 0.133. The Labute approximate surface area is 157 Å². The van der Waals surface area contributed by atoms with Gasteiger partial charge < -0.3 is 20.3 Å². The summed E-state index contributed by atoms with van der Waals surface area (Å²) in [6.07, 6.45) is 3.35. The Balaban J connectivity index is 0.00000225. The highest BCUT2D eigenvalue weighted by Gasteiger charge is 2.27. The maximum Gasteiger partial charge on any atom is 0.322 e. The van der Waals surface area contributed by atoms with Crippen LogP contribution in [0.25, 0.3) is 0 Å². The van der Waals surface area contributed by atoms with Crippen molar-refractivity contribution in [2.24, 2.45) is 0 Å². The number of piperazine rings is 1. The SMILES string of the molecule is Cl.O=C(Nc1cccc(Cl)c1)N1CCNCC1COc1cccnc1. The van der Waals surface area contributed by atoms with Crippen LogP contribution in [0, 0.1) is 0 Å². The Morgan fingerprint density at radius 2 is 2.28 bits per heavy atom. The van der Waals surface area contributed by atoms with Crippen LogP contribution < -0.4 is 15.4 Å². The lowest BCUT2D eigenvalue weighted by atomic mass is 10.2. The van der Waals surface area contributed by atoms with Crippen molar-refractivity contribution in [3.05, 3.63) is 53.8 Å². The van der Waals surface area contributed by atoms with Crippen molar-refractivity contribution in [1.82, 2.24) is 15.2 Å². The Kier molecular flexibility index (Phi) is 7.31. The summed E-state index contributed by atoms with van der Waals surface area (Å²) in [5.41, 5.74) is 0.679. The topological polar surface area (TPSA) is 66.5 Å². The normalized spacial score (nSPS) is 16.7. The van der Waals surface area contributed by atoms with E-state index in [2.05, 4.69) is 15.6 Å². The summed E-state index contributed by atoms with van der Waals surface area (Å²) >= 11 is 5.96. The van der Waals surface area contributed by atoms with E-state index in [1.807, 2.05) is 18.2 Å². The first-order chi connectivity index (χ1) is 11.7. The average molecular weight is 383 g/mol. The zero-order valence-corrected chi connectivity index (χ0v) is 15.1. The number of hydrogen-bond donors (Lipinski definition) is 2. The summed E-state index contributed by atoms with van der Waals surface area (Å²) in [7, 11) is 0. The first-order valence-electron chi connectivity index (χ1n) is 7.79. The summed E-state index contributed by atoms with van der Waals surface area (Å²) < 4.78 is 5.75. The molecule has 1 fully saturated rings. The number of benzene rings is 1. The Hall–Kier alpha value is -2.02. The van der Waals surface area contributed by atoms with Gasteiger partial charge in [0.1, 0.15) is 12.4 Å². The van der Waals surface area contributed by atoms with Crippen LogP contribution in [-0.4, -0.2) is 48.2 Å². The number of aromatic nitrogens is 1. The van der Waals surface area contributed by atoms with E-state index in [1.54, 1.807) is 35.5 Å². The predicted molar refractivity (Wildman–Crippen MR) is 101 cm³/mol. The Bertz CT molecular complexity index is 687. The molecule has 1 aliphatic heterocycles. The molecule has 1 atom stereocenters. The minimum Gasteiger partial charge on any atom is -0.490 e. The van der Waals surface area contributed by atoms with Crippen molar-refractivity contribution in [1.29, 1.82) is 0 Å². The fourth-order valence-corrected chi connectivity index (χ4v) is 2.75. The minimum absolute atomic E-state index is 0. The van der Waals surface area contributed by atoms with Crippen LogP contribution in [-0.2, 0) is 0 Å². The van der Waals surface area contributed by atoms with Gasteiger partial charge >= 0.3 is 6.03 Å². The molecule has 1 saturated heterocycles. The highest BCUT2D eigenvalue weighted by Crippen LogP contribution is 2.17. The lowest BCUT2D eigenvalue weighted by Crippen LogP contribution is -2.57. The summed E-state index contributed by atoms with van der Waals surface area (Å²) in [5, 5.41) is 6.77. The van der Waals surface area contributed by atoms with Crippen molar-refractivity contribution in [3.63, 3.8) is 0 Å². The number of carbonyl (C=O) groups excluding carboxylic acids is 1. The summed E-state index contributed by atoms with van der Waals surface area (Å²) in [6, 6.07) is 10.6. The van der Waals surface area contributed by atoms with E-state index in [0.717, 1.165) is 6.54 Å². The molecule has 6 nitrogen and oxygen atoms in total. The molecule has 2 amide bonds. The van der Waals surface area contributed by atoms with E-state index in [4.69, 9.17) is 16.3 Å². The zero-order chi connectivity index (χ0) is 16.8. The fraction of sp³-hybridized carbons (Fsp3) is 0.294. The van der Waals surface area contributed by atoms with Gasteiger partial charge in [-0.2, -0.15) is 0 Å². The van der Waals surface area contributed by atoms with Crippen molar-refractivity contribution in [3.8, 4) is 5.75 Å². The molecule has 25 heavy (non-hydrogen) atoms. The molecule has 2 N–H and O–H groups in total. The molecule has 1 aromatic heterocycles. The van der Waals surface area contributed by atoms with Gasteiger partial charge in [-0.15, -0.1) is 12.4 Å². The van der Waals surface area contributed by atoms with Gasteiger partial charge in [-0.3, -0.25) is 4.98 Å². The molecule has 134 valence electrons. The molecule has 3 rings (SSSR count). The number of pyridine rings is 1. The van der Waals surface area contributed by atoms with Gasteiger partial charge in [0, 0.05) is 36.5 Å². The van der Waals surface area contributed by atoms with Gasteiger partial charge in [-0.05, 0) is 30.3 Å². The standard InChI is InChI=1S/C17H19ClN4O2.ClH/c18-13-3-1-4-14(9-13)21-17(23)22-8-7-20-10-15(22)12-24-16-5-2-6-19-11-16;/h1-6,9,11,15,20H,7-8,10,12H2,(H,21,23);1H. The van der Waals surface area contributed by atoms with Gasteiger partial charge in [0.2, 0.25) is 0 Å². The van der Waals surface area contributed by atoms with Gasteiger partial charge in [0.05, 0.1) is 12.2 Å². The summed E-state index contributed by atoms with van der Waals surface area (Å²) in [4.78, 5) is 18.4. The van der Waals surface area contributed by atoms with Crippen LogP contribution in [0.4, 0.5) is 10.5 Å². The number of anilines is 1. The van der Waals surface area contributed by atoms with Gasteiger partial charge in [0.25, 0.3) is 0 Å². The monoisotopic (exact) mass is 382 g/mol. The quantitative estimate of drug-likeness (QED) is 0.852. The largest absolute Gasteiger partial charge is 0.490 e. The Morgan fingerprint density at radius 1 is 1.40 bits per heavy atom. The number of carbonyl (C=O) groups is 1. The van der Waals surface area contributed by atoms with E-state index in [9.17, 15) is 4.79 Å². The van der Waals surface area contributed by atoms with E-state index < -0.39 is 0 Å². The fourth-order valence-electron chi connectivity index (χ4n) is 2.56. The molecule has 1 unspecified atom stereocenters. The third-order valence-corrected chi connectivity index (χ3v) is 4.00. The zero-order valence-electron chi connectivity index (χ0n) is 13.5. The van der Waals surface area contributed by atoms with Gasteiger partial charge in [0.15, 0.2) is 0 Å². The summed E-state index contributed by atoms with van der Waals surface area (Å²) in [5.74, 6) is 0.693. The molecular weight excluding hydrogens is 363 g/mol. The molecule has 0 spiro atoms. The second-order valence-electron chi connectivity index (χ2n) is 5.49. The first-order valence-corrected chi connectivity index (χ1v) is 8.17. The number of halogens is 2. The number of ether oxygens (including phenoxy) is 1. The van der Waals surface area contributed by atoms with E-state index in [0.29, 0.717) is 36.2 Å². The number of hydrogen-bond acceptors (Lipinski definition) is 4. The summed E-state index contributed by atoms with van der Waals surface area (Å²) in [6.45, 7) is 2.46. The molecule has 8 heteroatoms. The second kappa shape index (κ2) is 9.46. The third kappa shape index (κ3) is 5.49. The minimum atomic E-state index is -0.154. The van der Waals surface area contributed by atoms with Crippen LogP contribution in [0.2, 0.25) is 5.02 Å². The van der Waals surface area contributed by atoms with Crippen molar-refractivity contribution in [2.75, 3.05) is 31.6 Å². The van der Waals surface area contributed by atoms with Crippen LogP contribution in [0.5, 0.6) is 5.75 Å². The van der Waals surface area contributed by atoms with Crippen LogP contribution >= 0.6 is 24.0 Å². The number of rotatable bonds is 4. The van der Waals surface area contributed by atoms with Crippen LogP contribution in [0.15, 0.2) is 48.8 Å². The smallest absolute Gasteiger partial charge is 0.322 e. The van der Waals surface area contributed by atoms with E-state index >= 15 is 0 Å². The second-order valence-corrected chi connectivity index (χ2v) is 5.93. The maximum absolute atomic E-state index is 12.6. The van der Waals surface area contributed by atoms with E-state index in [-0.39, 0.29) is 24.5 Å². The molecule has 2 heterocycles. The van der Waals surface area contributed by atoms with Crippen LogP contribution in [0.3, 0.4) is 0 Å². The molecule has 0 bridgehead atoms. The predicted octanol–water partition coefficient (Wildman–Crippen LogP) is 3.04. The van der Waals surface area contributed by atoms with Crippen molar-refractivity contribution >= 4 is 35.7 Å². The molecule has 0 aliphatic carbocycles. The highest BCUT2D eigenvalue weighted by molar-refractivity contribution is 6.30. The molecular formula is C17H20Cl2N4O2. The molecule has 2 aromatic rings. The number of nitrogens with one attached hydrogen (secondary N) is 2. The Morgan fingerprint density at radius 3 is 3.04 bits per heavy atom. The maximum atomic E-state index is 12.6. The number of urea groups is 1. The molecule has 1 aliphatic rings. The van der Waals surface area contributed by atoms with Crippen LogP contribution in [0.1, 0.15) is 0 Å². The molecule has 0 radical (unpaired) electrons. The molecule has 0 saturated carbocycles. The average Bonchev–Trinajstić information content (AvgIpc) is 2.61. The van der Waals surface area contributed by atoms with Gasteiger partial charge in [-0.25, -0.2) is 4.79 Å². The third-order valence-electron chi connectivity index (χ3n) is 3.76. The van der Waals surface area contributed by atoms with Crippen molar-refractivity contribution in [2.45, 2.75) is 6.04 Å². The van der Waals surface area contributed by atoms with Crippen molar-refractivity contribution < 1.29 is 9.53 Å². The van der Waals surface area contributed by atoms with Gasteiger partial charge in [-0.1, -0.05) is 17.7 Å². The first kappa shape index (κ1) is 19.3. The molecule has 1 aromatic carbocycles. The van der Waals surface area contributed by atoms with E-state index in [1.165, 1.54) is 0 Å². The number of amides is 2. The lowest BCUT2D eigenvalue weighted by Gasteiger charge is -2.35.